The number of carboxylic acid groups (broad SMARTS) is 1. The molecule has 20 heavy (non-hydrogen) atoms. The van der Waals surface area contributed by atoms with Crippen LogP contribution in [0, 0.1) is 13.8 Å². The summed E-state index contributed by atoms with van der Waals surface area (Å²) in [6.07, 6.45) is -4.72. The first kappa shape index (κ1) is 14.0. The van der Waals surface area contributed by atoms with Crippen LogP contribution in [0.15, 0.2) is 18.2 Å². The van der Waals surface area contributed by atoms with E-state index in [0.29, 0.717) is 11.6 Å². The molecule has 8 heteroatoms. The second kappa shape index (κ2) is 4.62. The summed E-state index contributed by atoms with van der Waals surface area (Å²) in [5.74, 6) is -0.744. The second-order valence-corrected chi connectivity index (χ2v) is 4.15. The first-order chi connectivity index (χ1) is 9.20. The molecule has 0 aliphatic carbocycles. The molecule has 0 saturated carbocycles. The molecule has 5 nitrogen and oxygen atoms in total. The van der Waals surface area contributed by atoms with Crippen LogP contribution in [0.3, 0.4) is 0 Å². The van der Waals surface area contributed by atoms with Gasteiger partial charge in [0.15, 0.2) is 0 Å². The highest BCUT2D eigenvalue weighted by Crippen LogP contribution is 2.33. The number of nitrogens with zero attached hydrogens (tertiary/aromatic N) is 3. The summed E-state index contributed by atoms with van der Waals surface area (Å²) in [4.78, 5) is 15.0. The first-order valence-electron chi connectivity index (χ1n) is 5.55. The SMILES string of the molecule is Cc1nc(C)n(-c2ccc(C(F)(F)F)c(C(=O)O)c2)n1. The van der Waals surface area contributed by atoms with E-state index in [1.54, 1.807) is 13.8 Å². The second-order valence-electron chi connectivity index (χ2n) is 4.15. The number of aryl methyl sites for hydroxylation is 2. The highest BCUT2D eigenvalue weighted by atomic mass is 19.4. The van der Waals surface area contributed by atoms with Crippen LogP contribution in [0.5, 0.6) is 0 Å². The number of halogens is 3. The van der Waals surface area contributed by atoms with Gasteiger partial charge >= 0.3 is 12.1 Å². The van der Waals surface area contributed by atoms with Crippen LogP contribution in [0.4, 0.5) is 13.2 Å². The Bertz CT molecular complexity index is 677. The van der Waals surface area contributed by atoms with Crippen LogP contribution in [0.2, 0.25) is 0 Å². The van der Waals surface area contributed by atoms with Gasteiger partial charge < -0.3 is 5.11 Å². The van der Waals surface area contributed by atoms with Gasteiger partial charge in [-0.2, -0.15) is 18.3 Å². The van der Waals surface area contributed by atoms with E-state index in [9.17, 15) is 18.0 Å². The van der Waals surface area contributed by atoms with Crippen molar-refractivity contribution < 1.29 is 23.1 Å². The Morgan fingerprint density at radius 3 is 2.40 bits per heavy atom. The molecule has 2 aromatic rings. The average molecular weight is 285 g/mol. The number of rotatable bonds is 2. The van der Waals surface area contributed by atoms with E-state index in [-0.39, 0.29) is 5.69 Å². The third kappa shape index (κ3) is 2.49. The molecule has 1 aromatic carbocycles. The Balaban J connectivity index is 2.62. The Hall–Kier alpha value is -2.38. The highest BCUT2D eigenvalue weighted by Gasteiger charge is 2.35. The molecular formula is C12H10F3N3O2. The molecule has 0 fully saturated rings. The molecule has 0 aliphatic heterocycles. The molecule has 0 aliphatic rings. The summed E-state index contributed by atoms with van der Waals surface area (Å²) < 4.78 is 39.5. The lowest BCUT2D eigenvalue weighted by Gasteiger charge is -2.12. The number of aromatic carboxylic acids is 1. The smallest absolute Gasteiger partial charge is 0.417 e. The number of alkyl halides is 3. The van der Waals surface area contributed by atoms with Gasteiger partial charge in [-0.25, -0.2) is 14.5 Å². The standard InChI is InChI=1S/C12H10F3N3O2/c1-6-16-7(2)18(17-6)8-3-4-10(12(13,14)15)9(5-8)11(19)20/h3-5H,1-2H3,(H,19,20). The van der Waals surface area contributed by atoms with Crippen LogP contribution in [-0.4, -0.2) is 25.8 Å². The van der Waals surface area contributed by atoms with Gasteiger partial charge in [0.2, 0.25) is 0 Å². The minimum atomic E-state index is -4.72. The lowest BCUT2D eigenvalue weighted by Crippen LogP contribution is -2.14. The van der Waals surface area contributed by atoms with Gasteiger partial charge in [0.05, 0.1) is 16.8 Å². The maximum atomic E-state index is 12.7. The molecular weight excluding hydrogens is 275 g/mol. The largest absolute Gasteiger partial charge is 0.478 e. The number of aromatic nitrogens is 3. The zero-order valence-electron chi connectivity index (χ0n) is 10.6. The summed E-state index contributed by atoms with van der Waals surface area (Å²) in [5.41, 5.74) is -1.79. The molecule has 1 N–H and O–H groups in total. The van der Waals surface area contributed by atoms with E-state index in [4.69, 9.17) is 5.11 Å². The molecule has 0 amide bonds. The third-order valence-corrected chi connectivity index (χ3v) is 2.66. The summed E-state index contributed by atoms with van der Waals surface area (Å²) in [6, 6.07) is 2.83. The molecule has 0 saturated heterocycles. The van der Waals surface area contributed by atoms with Crippen molar-refractivity contribution >= 4 is 5.97 Å². The summed E-state index contributed by atoms with van der Waals surface area (Å²) in [7, 11) is 0. The van der Waals surface area contributed by atoms with E-state index in [0.717, 1.165) is 18.2 Å². The van der Waals surface area contributed by atoms with Crippen molar-refractivity contribution in [3.8, 4) is 5.69 Å². The van der Waals surface area contributed by atoms with Gasteiger partial charge in [0.25, 0.3) is 0 Å². The van der Waals surface area contributed by atoms with E-state index < -0.39 is 23.3 Å². The number of benzene rings is 1. The zero-order chi connectivity index (χ0) is 15.1. The van der Waals surface area contributed by atoms with E-state index >= 15 is 0 Å². The quantitative estimate of drug-likeness (QED) is 0.921. The fourth-order valence-corrected chi connectivity index (χ4v) is 1.85. The Kier molecular flexibility index (Phi) is 3.24. The third-order valence-electron chi connectivity index (χ3n) is 2.66. The molecule has 1 heterocycles. The number of hydrogen-bond donors (Lipinski definition) is 1. The van der Waals surface area contributed by atoms with Gasteiger partial charge in [0, 0.05) is 0 Å². The van der Waals surface area contributed by atoms with Gasteiger partial charge in [0.1, 0.15) is 11.6 Å². The summed E-state index contributed by atoms with van der Waals surface area (Å²) >= 11 is 0. The van der Waals surface area contributed by atoms with E-state index in [1.165, 1.54) is 4.68 Å². The topological polar surface area (TPSA) is 68.0 Å². The Morgan fingerprint density at radius 1 is 1.30 bits per heavy atom. The van der Waals surface area contributed by atoms with Crippen LogP contribution >= 0.6 is 0 Å². The van der Waals surface area contributed by atoms with Crippen molar-refractivity contribution in [3.05, 3.63) is 41.0 Å². The van der Waals surface area contributed by atoms with Gasteiger partial charge in [-0.3, -0.25) is 0 Å². The Morgan fingerprint density at radius 2 is 1.95 bits per heavy atom. The van der Waals surface area contributed by atoms with Gasteiger partial charge in [-0.1, -0.05) is 0 Å². The molecule has 0 atom stereocenters. The van der Waals surface area contributed by atoms with Gasteiger partial charge in [-0.05, 0) is 32.0 Å². The van der Waals surface area contributed by atoms with Gasteiger partial charge in [-0.15, -0.1) is 0 Å². The zero-order valence-corrected chi connectivity index (χ0v) is 10.6. The average Bonchev–Trinajstić information content (AvgIpc) is 2.66. The molecule has 0 unspecified atom stereocenters. The molecule has 0 spiro atoms. The summed E-state index contributed by atoms with van der Waals surface area (Å²) in [5, 5.41) is 12.9. The van der Waals surface area contributed by atoms with Crippen LogP contribution in [0.25, 0.3) is 5.69 Å². The lowest BCUT2D eigenvalue weighted by atomic mass is 10.1. The normalized spacial score (nSPS) is 11.7. The first-order valence-corrected chi connectivity index (χ1v) is 5.55. The molecule has 1 aromatic heterocycles. The number of carboxylic acids is 1. The lowest BCUT2D eigenvalue weighted by molar-refractivity contribution is -0.138. The molecule has 0 bridgehead atoms. The number of carbonyl (C=O) groups is 1. The fourth-order valence-electron chi connectivity index (χ4n) is 1.85. The minimum absolute atomic E-state index is 0.216. The van der Waals surface area contributed by atoms with Crippen LogP contribution in [-0.2, 0) is 6.18 Å². The summed E-state index contributed by atoms with van der Waals surface area (Å²) in [6.45, 7) is 3.25. The minimum Gasteiger partial charge on any atom is -0.478 e. The van der Waals surface area contributed by atoms with E-state index in [1.807, 2.05) is 0 Å². The van der Waals surface area contributed by atoms with Crippen molar-refractivity contribution in [1.82, 2.24) is 14.8 Å². The van der Waals surface area contributed by atoms with Crippen LogP contribution < -0.4 is 0 Å². The van der Waals surface area contributed by atoms with Crippen LogP contribution in [0.1, 0.15) is 27.6 Å². The molecule has 106 valence electrons. The van der Waals surface area contributed by atoms with Crippen molar-refractivity contribution in [2.75, 3.05) is 0 Å². The van der Waals surface area contributed by atoms with Crippen molar-refractivity contribution in [2.24, 2.45) is 0 Å². The van der Waals surface area contributed by atoms with Crippen molar-refractivity contribution in [3.63, 3.8) is 0 Å². The predicted octanol–water partition coefficient (Wildman–Crippen LogP) is 2.60. The maximum absolute atomic E-state index is 12.7. The molecule has 2 rings (SSSR count). The van der Waals surface area contributed by atoms with Crippen molar-refractivity contribution in [1.29, 1.82) is 0 Å². The molecule has 0 radical (unpaired) electrons. The van der Waals surface area contributed by atoms with Crippen molar-refractivity contribution in [2.45, 2.75) is 20.0 Å². The number of hydrogen-bond acceptors (Lipinski definition) is 3. The van der Waals surface area contributed by atoms with E-state index in [2.05, 4.69) is 10.1 Å². The fraction of sp³-hybridized carbons (Fsp3) is 0.250. The predicted molar refractivity (Wildman–Crippen MR) is 62.8 cm³/mol. The highest BCUT2D eigenvalue weighted by molar-refractivity contribution is 5.90. The maximum Gasteiger partial charge on any atom is 0.417 e. The monoisotopic (exact) mass is 285 g/mol. The Labute approximate surface area is 111 Å².